The first-order valence-corrected chi connectivity index (χ1v) is 22.7. The van der Waals surface area contributed by atoms with Gasteiger partial charge in [0.1, 0.15) is 0 Å². The van der Waals surface area contributed by atoms with E-state index in [1.54, 1.807) is 0 Å². The Hall–Kier alpha value is -1.26. The molecule has 0 aliphatic heterocycles. The molecule has 3 amide bonds. The summed E-state index contributed by atoms with van der Waals surface area (Å²) in [5.41, 5.74) is 0. The van der Waals surface area contributed by atoms with E-state index in [4.69, 9.17) is 0 Å². The van der Waals surface area contributed by atoms with Crippen LogP contribution in [0.15, 0.2) is 0 Å². The normalized spacial score (nSPS) is 16.3. The molecule has 5 heteroatoms. The van der Waals surface area contributed by atoms with Gasteiger partial charge in [-0.3, -0.25) is 4.79 Å². The molecule has 0 aromatic rings. The highest BCUT2D eigenvalue weighted by Gasteiger charge is 2.27. The summed E-state index contributed by atoms with van der Waals surface area (Å²) in [5, 5.41) is 9.54. The summed E-state index contributed by atoms with van der Waals surface area (Å²) in [6.45, 7) is 10.1. The minimum Gasteiger partial charge on any atom is -0.351 e. The van der Waals surface area contributed by atoms with Crippen molar-refractivity contribution in [2.75, 3.05) is 6.54 Å². The van der Waals surface area contributed by atoms with Crippen molar-refractivity contribution in [3.05, 3.63) is 0 Å². The van der Waals surface area contributed by atoms with Crippen molar-refractivity contribution >= 4 is 11.9 Å². The Kier molecular flexibility index (Phi) is 32.6. The third-order valence-electron chi connectivity index (χ3n) is 11.1. The first kappa shape index (κ1) is 46.8. The third kappa shape index (κ3) is 31.5. The highest BCUT2D eigenvalue weighted by Crippen LogP contribution is 2.20. The van der Waals surface area contributed by atoms with Gasteiger partial charge in [-0.25, -0.2) is 4.79 Å². The summed E-state index contributed by atoms with van der Waals surface area (Å²) < 4.78 is 0. The van der Waals surface area contributed by atoms with Crippen LogP contribution in [0.2, 0.25) is 0 Å². The van der Waals surface area contributed by atoms with Gasteiger partial charge >= 0.3 is 6.03 Å². The first-order valence-electron chi connectivity index (χ1n) is 22.7. The summed E-state index contributed by atoms with van der Waals surface area (Å²) in [6, 6.07) is 0.0532. The van der Waals surface area contributed by atoms with E-state index < -0.39 is 0 Å². The van der Waals surface area contributed by atoms with Gasteiger partial charge in [0.05, 0.1) is 6.04 Å². The second-order valence-electron chi connectivity index (χ2n) is 17.1. The van der Waals surface area contributed by atoms with E-state index in [1.807, 2.05) is 0 Å². The zero-order chi connectivity index (χ0) is 36.3. The van der Waals surface area contributed by atoms with Crippen molar-refractivity contribution in [2.24, 2.45) is 11.8 Å². The maximum Gasteiger partial charge on any atom is 0.315 e. The summed E-state index contributed by atoms with van der Waals surface area (Å²) in [4.78, 5) is 25.3. The maximum atomic E-state index is 12.7. The van der Waals surface area contributed by atoms with Crippen molar-refractivity contribution in [1.82, 2.24) is 16.0 Å². The predicted octanol–water partition coefficient (Wildman–Crippen LogP) is 13.7. The van der Waals surface area contributed by atoms with E-state index in [1.165, 1.54) is 167 Å². The van der Waals surface area contributed by atoms with Gasteiger partial charge in [0.2, 0.25) is 5.91 Å². The number of amides is 3. The van der Waals surface area contributed by atoms with Crippen LogP contribution in [0.5, 0.6) is 0 Å². The minimum absolute atomic E-state index is 0.0484. The lowest BCUT2D eigenvalue weighted by molar-refractivity contribution is -0.122. The Morgan fingerprint density at radius 3 is 1.14 bits per heavy atom. The molecule has 0 radical (unpaired) electrons. The molecule has 1 rings (SSSR count). The number of carbonyl (C=O) groups excluding carboxylic acids is 2. The molecule has 296 valence electrons. The molecule has 0 aromatic heterocycles. The largest absolute Gasteiger partial charge is 0.351 e. The minimum atomic E-state index is -0.0661. The molecule has 2 atom stereocenters. The molecule has 2 unspecified atom stereocenters. The Labute approximate surface area is 313 Å². The molecule has 1 fully saturated rings. The monoisotopic (exact) mass is 704 g/mol. The average Bonchev–Trinajstić information content (AvgIpc) is 3.08. The molecule has 3 N–H and O–H groups in total. The predicted molar refractivity (Wildman–Crippen MR) is 219 cm³/mol. The fraction of sp³-hybridized carbons (Fsp3) is 0.956. The van der Waals surface area contributed by atoms with Crippen LogP contribution in [-0.4, -0.2) is 30.6 Å². The number of rotatable bonds is 35. The summed E-state index contributed by atoms with van der Waals surface area (Å²) >= 11 is 0. The fourth-order valence-corrected chi connectivity index (χ4v) is 7.76. The summed E-state index contributed by atoms with van der Waals surface area (Å²) in [6.07, 6.45) is 43.8. The second kappa shape index (κ2) is 34.8. The number of carbonyl (C=O) groups is 2. The highest BCUT2D eigenvalue weighted by atomic mass is 16.2. The van der Waals surface area contributed by atoms with Gasteiger partial charge in [-0.1, -0.05) is 214 Å². The highest BCUT2D eigenvalue weighted by molar-refractivity contribution is 5.77. The van der Waals surface area contributed by atoms with E-state index in [2.05, 4.69) is 43.6 Å². The van der Waals surface area contributed by atoms with Crippen LogP contribution in [0.4, 0.5) is 4.79 Å². The van der Waals surface area contributed by atoms with Crippen molar-refractivity contribution in [1.29, 1.82) is 0 Å². The molecule has 0 aromatic carbocycles. The van der Waals surface area contributed by atoms with Crippen LogP contribution in [0.1, 0.15) is 246 Å². The van der Waals surface area contributed by atoms with Crippen LogP contribution in [0, 0.1) is 11.8 Å². The maximum absolute atomic E-state index is 12.7. The van der Waals surface area contributed by atoms with Crippen molar-refractivity contribution in [3.8, 4) is 0 Å². The van der Waals surface area contributed by atoms with Gasteiger partial charge in [-0.2, -0.15) is 0 Å². The number of hydrogen-bond donors (Lipinski definition) is 3. The Bertz CT molecular complexity index is 693. The number of unbranched alkanes of at least 4 members (excludes halogenated alkanes) is 25. The van der Waals surface area contributed by atoms with Crippen LogP contribution in [-0.2, 0) is 4.79 Å². The fourth-order valence-electron chi connectivity index (χ4n) is 7.76. The SMILES string of the molecule is CC(C)CCCCCCCCCCCCCCCCC(=O)NC1CCCCC1NC(=O)NCCCCCCCCCCCCCCCC(C)C. The Morgan fingerprint density at radius 2 is 0.760 bits per heavy atom. The lowest BCUT2D eigenvalue weighted by atomic mass is 9.90. The number of nitrogens with one attached hydrogen (secondary N) is 3. The molecule has 0 bridgehead atoms. The van der Waals surface area contributed by atoms with Crippen molar-refractivity contribution in [3.63, 3.8) is 0 Å². The zero-order valence-electron chi connectivity index (χ0n) is 34.4. The lowest BCUT2D eigenvalue weighted by Gasteiger charge is -2.32. The van der Waals surface area contributed by atoms with Gasteiger partial charge < -0.3 is 16.0 Å². The van der Waals surface area contributed by atoms with Crippen molar-refractivity contribution < 1.29 is 9.59 Å². The average molecular weight is 704 g/mol. The molecule has 50 heavy (non-hydrogen) atoms. The molecule has 0 spiro atoms. The van der Waals surface area contributed by atoms with Crippen LogP contribution < -0.4 is 16.0 Å². The molecule has 5 nitrogen and oxygen atoms in total. The van der Waals surface area contributed by atoms with E-state index in [9.17, 15) is 9.59 Å². The van der Waals surface area contributed by atoms with Crippen LogP contribution in [0.25, 0.3) is 0 Å². The Balaban J connectivity index is 1.93. The molecule has 1 aliphatic rings. The molecule has 0 saturated heterocycles. The topological polar surface area (TPSA) is 70.2 Å². The molecule has 1 saturated carbocycles. The smallest absolute Gasteiger partial charge is 0.315 e. The van der Waals surface area contributed by atoms with Gasteiger partial charge in [-0.05, 0) is 37.5 Å². The third-order valence-corrected chi connectivity index (χ3v) is 11.1. The zero-order valence-corrected chi connectivity index (χ0v) is 34.4. The summed E-state index contributed by atoms with van der Waals surface area (Å²) in [5.74, 6) is 1.89. The van der Waals surface area contributed by atoms with Crippen molar-refractivity contribution in [2.45, 2.75) is 258 Å². The van der Waals surface area contributed by atoms with E-state index in [0.29, 0.717) is 6.42 Å². The lowest BCUT2D eigenvalue weighted by Crippen LogP contribution is -2.55. The van der Waals surface area contributed by atoms with E-state index in [0.717, 1.165) is 63.3 Å². The van der Waals surface area contributed by atoms with E-state index in [-0.39, 0.29) is 24.0 Å². The van der Waals surface area contributed by atoms with Gasteiger partial charge in [0.25, 0.3) is 0 Å². The second-order valence-corrected chi connectivity index (χ2v) is 17.1. The summed E-state index contributed by atoms with van der Waals surface area (Å²) in [7, 11) is 0. The molecule has 0 heterocycles. The molecule has 1 aliphatic carbocycles. The number of hydrogen-bond acceptors (Lipinski definition) is 2. The Morgan fingerprint density at radius 1 is 0.440 bits per heavy atom. The van der Waals surface area contributed by atoms with Crippen LogP contribution in [0.3, 0.4) is 0 Å². The quantitative estimate of drug-likeness (QED) is 0.0575. The number of urea groups is 1. The van der Waals surface area contributed by atoms with E-state index >= 15 is 0 Å². The van der Waals surface area contributed by atoms with Crippen LogP contribution >= 0.6 is 0 Å². The van der Waals surface area contributed by atoms with Gasteiger partial charge in [0.15, 0.2) is 0 Å². The molecular weight excluding hydrogens is 615 g/mol. The standard InChI is InChI=1S/C45H89N3O2/c1-40(2)34-28-24-20-16-12-8-5-6-10-14-18-22-26-30-38-44(49)47-42-36-31-32-37-43(42)48-45(50)46-39-33-27-23-19-15-11-7-9-13-17-21-25-29-35-41(3)4/h40-43H,5-39H2,1-4H3,(H,47,49)(H2,46,48,50). The molecular formula is C45H89N3O2. The van der Waals surface area contributed by atoms with Gasteiger partial charge in [0, 0.05) is 19.0 Å². The van der Waals surface area contributed by atoms with Gasteiger partial charge in [-0.15, -0.1) is 0 Å². The first-order chi connectivity index (χ1) is 24.4.